The summed E-state index contributed by atoms with van der Waals surface area (Å²) in [6.07, 6.45) is 2.47. The summed E-state index contributed by atoms with van der Waals surface area (Å²) >= 11 is 0. The van der Waals surface area contributed by atoms with Crippen molar-refractivity contribution in [3.05, 3.63) is 29.8 Å². The van der Waals surface area contributed by atoms with E-state index in [0.29, 0.717) is 6.10 Å². The van der Waals surface area contributed by atoms with Gasteiger partial charge in [-0.1, -0.05) is 18.2 Å². The third kappa shape index (κ3) is 7.13. The standard InChI is InChI=1S/C16H24N2O2/c1-14(2)19-11-6-5-10-18-13-15-7-3-4-8-16(15)20-12-9-17/h3-4,7-8,14,18H,5-6,10-13H2,1-2H3. The van der Waals surface area contributed by atoms with Crippen molar-refractivity contribution in [3.63, 3.8) is 0 Å². The van der Waals surface area contributed by atoms with E-state index in [0.717, 1.165) is 43.9 Å². The fraction of sp³-hybridized carbons (Fsp3) is 0.562. The van der Waals surface area contributed by atoms with Crippen molar-refractivity contribution < 1.29 is 9.47 Å². The molecule has 4 heteroatoms. The molecule has 0 bridgehead atoms. The zero-order valence-corrected chi connectivity index (χ0v) is 12.4. The molecule has 0 aliphatic rings. The zero-order chi connectivity index (χ0) is 14.6. The predicted octanol–water partition coefficient (Wildman–Crippen LogP) is 2.88. The minimum absolute atomic E-state index is 0.0869. The van der Waals surface area contributed by atoms with E-state index in [-0.39, 0.29) is 6.61 Å². The summed E-state index contributed by atoms with van der Waals surface area (Å²) in [5.74, 6) is 0.782. The number of benzene rings is 1. The number of ether oxygens (including phenoxy) is 2. The van der Waals surface area contributed by atoms with Gasteiger partial charge in [0.05, 0.1) is 6.10 Å². The lowest BCUT2D eigenvalue weighted by molar-refractivity contribution is 0.0760. The second kappa shape index (κ2) is 10.2. The van der Waals surface area contributed by atoms with Crippen LogP contribution in [0.5, 0.6) is 5.75 Å². The first-order valence-electron chi connectivity index (χ1n) is 7.14. The minimum atomic E-state index is 0.0869. The molecular weight excluding hydrogens is 252 g/mol. The smallest absolute Gasteiger partial charge is 0.174 e. The normalized spacial score (nSPS) is 10.5. The first kappa shape index (κ1) is 16.5. The fourth-order valence-electron chi connectivity index (χ4n) is 1.79. The van der Waals surface area contributed by atoms with Gasteiger partial charge in [0, 0.05) is 18.7 Å². The Balaban J connectivity index is 2.20. The highest BCUT2D eigenvalue weighted by Crippen LogP contribution is 2.17. The van der Waals surface area contributed by atoms with Crippen LogP contribution in [0.4, 0.5) is 0 Å². The van der Waals surface area contributed by atoms with Gasteiger partial charge in [0.15, 0.2) is 6.61 Å². The molecule has 110 valence electrons. The number of unbranched alkanes of at least 4 members (excludes halogenated alkanes) is 1. The van der Waals surface area contributed by atoms with Crippen molar-refractivity contribution >= 4 is 0 Å². The van der Waals surface area contributed by atoms with Crippen LogP contribution in [0.2, 0.25) is 0 Å². The summed E-state index contributed by atoms with van der Waals surface area (Å²) in [5.41, 5.74) is 1.08. The summed E-state index contributed by atoms with van der Waals surface area (Å²) in [6.45, 7) is 6.72. The third-order valence-electron chi connectivity index (χ3n) is 2.78. The Kier molecular flexibility index (Phi) is 8.44. The van der Waals surface area contributed by atoms with Gasteiger partial charge in [-0.15, -0.1) is 0 Å². The van der Waals surface area contributed by atoms with E-state index < -0.39 is 0 Å². The Bertz CT molecular complexity index is 413. The van der Waals surface area contributed by atoms with Gasteiger partial charge in [-0.05, 0) is 39.3 Å². The molecular formula is C16H24N2O2. The van der Waals surface area contributed by atoms with Crippen LogP contribution in [-0.4, -0.2) is 25.9 Å². The molecule has 0 saturated heterocycles. The number of nitrogens with one attached hydrogen (secondary N) is 1. The number of hydrogen-bond acceptors (Lipinski definition) is 4. The van der Waals surface area contributed by atoms with Crippen LogP contribution in [-0.2, 0) is 11.3 Å². The summed E-state index contributed by atoms with van der Waals surface area (Å²) in [6, 6.07) is 9.79. The molecule has 0 saturated carbocycles. The van der Waals surface area contributed by atoms with Crippen LogP contribution in [0.3, 0.4) is 0 Å². The SMILES string of the molecule is CC(C)OCCCCNCc1ccccc1OCC#N. The lowest BCUT2D eigenvalue weighted by Crippen LogP contribution is -2.16. The Hall–Kier alpha value is -1.57. The van der Waals surface area contributed by atoms with Crippen molar-refractivity contribution in [2.75, 3.05) is 19.8 Å². The Labute approximate surface area is 121 Å². The molecule has 1 N–H and O–H groups in total. The molecule has 0 amide bonds. The first-order valence-corrected chi connectivity index (χ1v) is 7.14. The van der Waals surface area contributed by atoms with Gasteiger partial charge in [0.2, 0.25) is 0 Å². The van der Waals surface area contributed by atoms with E-state index in [1.54, 1.807) is 0 Å². The van der Waals surface area contributed by atoms with Gasteiger partial charge < -0.3 is 14.8 Å². The minimum Gasteiger partial charge on any atom is -0.478 e. The number of hydrogen-bond donors (Lipinski definition) is 1. The number of nitriles is 1. The van der Waals surface area contributed by atoms with Crippen LogP contribution < -0.4 is 10.1 Å². The monoisotopic (exact) mass is 276 g/mol. The predicted molar refractivity (Wildman–Crippen MR) is 79.6 cm³/mol. The molecule has 1 aromatic carbocycles. The van der Waals surface area contributed by atoms with Gasteiger partial charge in [-0.2, -0.15) is 5.26 Å². The zero-order valence-electron chi connectivity index (χ0n) is 12.4. The van der Waals surface area contributed by atoms with Crippen LogP contribution in [0, 0.1) is 11.3 Å². The molecule has 0 fully saturated rings. The molecule has 0 heterocycles. The van der Waals surface area contributed by atoms with E-state index in [4.69, 9.17) is 14.7 Å². The first-order chi connectivity index (χ1) is 9.74. The Morgan fingerprint density at radius 2 is 2.05 bits per heavy atom. The molecule has 0 aromatic heterocycles. The van der Waals surface area contributed by atoms with Crippen molar-refractivity contribution in [1.29, 1.82) is 5.26 Å². The fourth-order valence-corrected chi connectivity index (χ4v) is 1.79. The molecule has 0 radical (unpaired) electrons. The number of rotatable bonds is 10. The molecule has 20 heavy (non-hydrogen) atoms. The summed E-state index contributed by atoms with van der Waals surface area (Å²) < 4.78 is 10.9. The molecule has 0 atom stereocenters. The van der Waals surface area contributed by atoms with Gasteiger partial charge in [-0.25, -0.2) is 0 Å². The highest BCUT2D eigenvalue weighted by Gasteiger charge is 2.02. The molecule has 1 rings (SSSR count). The van der Waals surface area contributed by atoms with Crippen molar-refractivity contribution in [2.24, 2.45) is 0 Å². The van der Waals surface area contributed by atoms with Crippen LogP contribution >= 0.6 is 0 Å². The van der Waals surface area contributed by atoms with Crippen LogP contribution in [0.25, 0.3) is 0 Å². The maximum absolute atomic E-state index is 8.55. The summed E-state index contributed by atoms with van der Waals surface area (Å²) in [5, 5.41) is 11.9. The third-order valence-corrected chi connectivity index (χ3v) is 2.78. The largest absolute Gasteiger partial charge is 0.478 e. The summed E-state index contributed by atoms with van der Waals surface area (Å²) in [4.78, 5) is 0. The van der Waals surface area contributed by atoms with Crippen molar-refractivity contribution in [3.8, 4) is 11.8 Å². The molecule has 0 unspecified atom stereocenters. The van der Waals surface area contributed by atoms with Crippen LogP contribution in [0.1, 0.15) is 32.3 Å². The Morgan fingerprint density at radius 3 is 2.80 bits per heavy atom. The van der Waals surface area contributed by atoms with Gasteiger partial charge >= 0.3 is 0 Å². The highest BCUT2D eigenvalue weighted by molar-refractivity contribution is 5.33. The average Bonchev–Trinajstić information content (AvgIpc) is 2.44. The van der Waals surface area contributed by atoms with E-state index in [1.165, 1.54) is 0 Å². The van der Waals surface area contributed by atoms with Gasteiger partial charge in [-0.3, -0.25) is 0 Å². The van der Waals surface area contributed by atoms with Gasteiger partial charge in [0.1, 0.15) is 11.8 Å². The Morgan fingerprint density at radius 1 is 1.25 bits per heavy atom. The number of nitrogens with zero attached hydrogens (tertiary/aromatic N) is 1. The maximum Gasteiger partial charge on any atom is 0.174 e. The second-order valence-corrected chi connectivity index (χ2v) is 4.86. The van der Waals surface area contributed by atoms with E-state index in [9.17, 15) is 0 Å². The van der Waals surface area contributed by atoms with E-state index in [2.05, 4.69) is 19.2 Å². The second-order valence-electron chi connectivity index (χ2n) is 4.86. The molecule has 0 aliphatic carbocycles. The number of para-hydroxylation sites is 1. The van der Waals surface area contributed by atoms with Crippen molar-refractivity contribution in [2.45, 2.75) is 39.3 Å². The topological polar surface area (TPSA) is 54.3 Å². The maximum atomic E-state index is 8.55. The quantitative estimate of drug-likeness (QED) is 0.668. The molecule has 0 spiro atoms. The van der Waals surface area contributed by atoms with Crippen LogP contribution in [0.15, 0.2) is 24.3 Å². The molecule has 4 nitrogen and oxygen atoms in total. The summed E-state index contributed by atoms with van der Waals surface area (Å²) in [7, 11) is 0. The average molecular weight is 276 g/mol. The van der Waals surface area contributed by atoms with Gasteiger partial charge in [0.25, 0.3) is 0 Å². The lowest BCUT2D eigenvalue weighted by Gasteiger charge is -2.10. The van der Waals surface area contributed by atoms with Crippen molar-refractivity contribution in [1.82, 2.24) is 5.32 Å². The van der Waals surface area contributed by atoms with E-state index >= 15 is 0 Å². The molecule has 1 aromatic rings. The highest BCUT2D eigenvalue weighted by atomic mass is 16.5. The lowest BCUT2D eigenvalue weighted by atomic mass is 10.2. The van der Waals surface area contributed by atoms with E-state index in [1.807, 2.05) is 30.3 Å². The molecule has 0 aliphatic heterocycles.